The van der Waals surface area contributed by atoms with Gasteiger partial charge in [-0.2, -0.15) is 11.8 Å². The van der Waals surface area contributed by atoms with Gasteiger partial charge in [0.2, 0.25) is 0 Å². The molecule has 0 saturated carbocycles. The average Bonchev–Trinajstić information content (AvgIpc) is 2.57. The summed E-state index contributed by atoms with van der Waals surface area (Å²) in [6.07, 6.45) is 1.03. The lowest BCUT2D eigenvalue weighted by Crippen LogP contribution is -2.22. The zero-order valence-electron chi connectivity index (χ0n) is 8.89. The number of thioether (sulfide) groups is 1. The average molecular weight is 223 g/mol. The number of aliphatic hydroxyl groups is 1. The van der Waals surface area contributed by atoms with E-state index in [-0.39, 0.29) is 17.9 Å². The molecule has 0 saturated heterocycles. The van der Waals surface area contributed by atoms with E-state index >= 15 is 0 Å². The lowest BCUT2D eigenvalue weighted by atomic mass is 10.1. The van der Waals surface area contributed by atoms with Crippen molar-refractivity contribution >= 4 is 11.8 Å². The van der Waals surface area contributed by atoms with Gasteiger partial charge >= 0.3 is 0 Å². The highest BCUT2D eigenvalue weighted by molar-refractivity contribution is 8.00. The van der Waals surface area contributed by atoms with Gasteiger partial charge in [0.1, 0.15) is 0 Å². The Balaban J connectivity index is 2.10. The van der Waals surface area contributed by atoms with Crippen LogP contribution in [0, 0.1) is 0 Å². The van der Waals surface area contributed by atoms with Gasteiger partial charge in [-0.1, -0.05) is 31.2 Å². The molecule has 82 valence electrons. The zero-order chi connectivity index (χ0) is 10.8. The molecule has 0 heterocycles. The van der Waals surface area contributed by atoms with E-state index in [1.165, 1.54) is 11.1 Å². The fourth-order valence-corrected chi connectivity index (χ4v) is 3.34. The van der Waals surface area contributed by atoms with Gasteiger partial charge in [-0.05, 0) is 17.5 Å². The maximum Gasteiger partial charge on any atom is 0.0547 e. The predicted molar refractivity (Wildman–Crippen MR) is 65.0 cm³/mol. The summed E-state index contributed by atoms with van der Waals surface area (Å²) in [6.45, 7) is 2.27. The minimum atomic E-state index is 0.125. The Morgan fingerprint density at radius 2 is 2.27 bits per heavy atom. The molecule has 3 heteroatoms. The molecule has 0 aromatic heterocycles. The lowest BCUT2D eigenvalue weighted by molar-refractivity contribution is 0.299. The van der Waals surface area contributed by atoms with E-state index in [4.69, 9.17) is 10.8 Å². The molecule has 0 fully saturated rings. The van der Waals surface area contributed by atoms with Crippen LogP contribution in [0.15, 0.2) is 24.3 Å². The molecule has 3 atom stereocenters. The standard InChI is InChI=1S/C12H17NOS/c1-8(7-14)15-11-6-9-4-2-3-5-10(9)12(11)13/h2-5,8,11-12,14H,6-7,13H2,1H3. The number of benzene rings is 1. The summed E-state index contributed by atoms with van der Waals surface area (Å²) in [5, 5.41) is 9.73. The topological polar surface area (TPSA) is 46.2 Å². The Hall–Kier alpha value is -0.510. The fourth-order valence-electron chi connectivity index (χ4n) is 2.06. The third kappa shape index (κ3) is 2.19. The van der Waals surface area contributed by atoms with Crippen LogP contribution in [0.25, 0.3) is 0 Å². The second kappa shape index (κ2) is 4.56. The van der Waals surface area contributed by atoms with Crippen molar-refractivity contribution in [3.63, 3.8) is 0 Å². The largest absolute Gasteiger partial charge is 0.395 e. The van der Waals surface area contributed by atoms with Crippen LogP contribution in [0.2, 0.25) is 0 Å². The van der Waals surface area contributed by atoms with Crippen LogP contribution >= 0.6 is 11.8 Å². The van der Waals surface area contributed by atoms with Gasteiger partial charge < -0.3 is 10.8 Å². The van der Waals surface area contributed by atoms with Crippen LogP contribution in [0.3, 0.4) is 0 Å². The van der Waals surface area contributed by atoms with E-state index in [1.807, 2.05) is 13.0 Å². The van der Waals surface area contributed by atoms with Gasteiger partial charge in [0.25, 0.3) is 0 Å². The molecule has 3 unspecified atom stereocenters. The number of nitrogens with two attached hydrogens (primary N) is 1. The second-order valence-corrected chi connectivity index (χ2v) is 5.78. The maximum atomic E-state index is 9.04. The summed E-state index contributed by atoms with van der Waals surface area (Å²) in [4.78, 5) is 0. The van der Waals surface area contributed by atoms with Crippen LogP contribution in [0.5, 0.6) is 0 Å². The number of aliphatic hydroxyl groups excluding tert-OH is 1. The summed E-state index contributed by atoms with van der Waals surface area (Å²) in [5.74, 6) is 0. The molecule has 0 bridgehead atoms. The number of hydrogen-bond acceptors (Lipinski definition) is 3. The summed E-state index contributed by atoms with van der Waals surface area (Å²) in [6, 6.07) is 8.50. The monoisotopic (exact) mass is 223 g/mol. The van der Waals surface area contributed by atoms with E-state index in [9.17, 15) is 0 Å². The van der Waals surface area contributed by atoms with Gasteiger partial charge in [0.05, 0.1) is 6.61 Å². The first-order valence-corrected chi connectivity index (χ1v) is 6.26. The van der Waals surface area contributed by atoms with E-state index in [0.29, 0.717) is 5.25 Å². The molecule has 1 aliphatic rings. The molecule has 0 spiro atoms. The highest BCUT2D eigenvalue weighted by Gasteiger charge is 2.30. The molecule has 0 aliphatic heterocycles. The van der Waals surface area contributed by atoms with Crippen molar-refractivity contribution in [2.24, 2.45) is 5.73 Å². The predicted octanol–water partition coefficient (Wildman–Crippen LogP) is 1.73. The minimum absolute atomic E-state index is 0.125. The first-order valence-electron chi connectivity index (χ1n) is 5.32. The molecule has 1 aromatic carbocycles. The van der Waals surface area contributed by atoms with Crippen molar-refractivity contribution in [3.05, 3.63) is 35.4 Å². The Morgan fingerprint density at radius 1 is 1.53 bits per heavy atom. The maximum absolute atomic E-state index is 9.04. The van der Waals surface area contributed by atoms with Crippen molar-refractivity contribution in [1.82, 2.24) is 0 Å². The van der Waals surface area contributed by atoms with E-state index < -0.39 is 0 Å². The molecular weight excluding hydrogens is 206 g/mol. The summed E-state index contributed by atoms with van der Waals surface area (Å²) in [7, 11) is 0. The van der Waals surface area contributed by atoms with Crippen molar-refractivity contribution in [2.45, 2.75) is 29.9 Å². The van der Waals surface area contributed by atoms with Gasteiger partial charge in [-0.25, -0.2) is 0 Å². The van der Waals surface area contributed by atoms with Crippen LogP contribution in [-0.4, -0.2) is 22.2 Å². The summed E-state index contributed by atoms with van der Waals surface area (Å²) >= 11 is 1.80. The Morgan fingerprint density at radius 3 is 2.93 bits per heavy atom. The van der Waals surface area contributed by atoms with E-state index in [2.05, 4.69) is 18.2 Å². The number of hydrogen-bond donors (Lipinski definition) is 2. The molecule has 1 aliphatic carbocycles. The second-order valence-electron chi connectivity index (χ2n) is 4.10. The van der Waals surface area contributed by atoms with Crippen molar-refractivity contribution < 1.29 is 5.11 Å². The van der Waals surface area contributed by atoms with Crippen molar-refractivity contribution in [1.29, 1.82) is 0 Å². The van der Waals surface area contributed by atoms with Crippen LogP contribution in [0.1, 0.15) is 24.1 Å². The van der Waals surface area contributed by atoms with Crippen LogP contribution in [-0.2, 0) is 6.42 Å². The van der Waals surface area contributed by atoms with Crippen molar-refractivity contribution in [2.75, 3.05) is 6.61 Å². The first kappa shape index (κ1) is 11.0. The third-order valence-corrected chi connectivity index (χ3v) is 4.32. The molecule has 15 heavy (non-hydrogen) atoms. The normalized spacial score (nSPS) is 26.3. The van der Waals surface area contributed by atoms with Crippen LogP contribution < -0.4 is 5.73 Å². The van der Waals surface area contributed by atoms with Gasteiger partial charge in [-0.15, -0.1) is 0 Å². The molecule has 2 nitrogen and oxygen atoms in total. The number of fused-ring (bicyclic) bond motifs is 1. The number of rotatable bonds is 3. The highest BCUT2D eigenvalue weighted by atomic mass is 32.2. The molecule has 2 rings (SSSR count). The minimum Gasteiger partial charge on any atom is -0.395 e. The SMILES string of the molecule is CC(CO)SC1Cc2ccccc2C1N. The highest BCUT2D eigenvalue weighted by Crippen LogP contribution is 2.38. The Bertz CT molecular complexity index is 342. The summed E-state index contributed by atoms with van der Waals surface area (Å²) in [5.41, 5.74) is 8.84. The van der Waals surface area contributed by atoms with Crippen molar-refractivity contribution in [3.8, 4) is 0 Å². The van der Waals surface area contributed by atoms with E-state index in [0.717, 1.165) is 6.42 Å². The van der Waals surface area contributed by atoms with Gasteiger partial charge in [0, 0.05) is 16.5 Å². The molecular formula is C12H17NOS. The molecule has 1 aromatic rings. The van der Waals surface area contributed by atoms with Gasteiger partial charge in [0.15, 0.2) is 0 Å². The fraction of sp³-hybridized carbons (Fsp3) is 0.500. The zero-order valence-corrected chi connectivity index (χ0v) is 9.70. The Kier molecular flexibility index (Phi) is 3.34. The first-order chi connectivity index (χ1) is 7.22. The molecule has 0 amide bonds. The lowest BCUT2D eigenvalue weighted by Gasteiger charge is -2.18. The quantitative estimate of drug-likeness (QED) is 0.820. The molecule has 0 radical (unpaired) electrons. The van der Waals surface area contributed by atoms with E-state index in [1.54, 1.807) is 11.8 Å². The Labute approximate surface area is 94.9 Å². The van der Waals surface area contributed by atoms with Gasteiger partial charge in [-0.3, -0.25) is 0 Å². The molecule has 3 N–H and O–H groups in total. The third-order valence-electron chi connectivity index (χ3n) is 2.90. The smallest absolute Gasteiger partial charge is 0.0547 e. The summed E-state index contributed by atoms with van der Waals surface area (Å²) < 4.78 is 0. The van der Waals surface area contributed by atoms with Crippen LogP contribution in [0.4, 0.5) is 0 Å².